The quantitative estimate of drug-likeness (QED) is 0.882. The van der Waals surface area contributed by atoms with Crippen LogP contribution in [0.1, 0.15) is 0 Å². The van der Waals surface area contributed by atoms with Crippen molar-refractivity contribution in [1.29, 1.82) is 0 Å². The molecule has 1 amide bonds. The van der Waals surface area contributed by atoms with Crippen LogP contribution in [0.15, 0.2) is 18.3 Å². The standard InChI is InChI=1S/C10H12ClN5O/c1-15(2)9(17)5-12-10-13-8-4-3-7(11)6-16(8)14-10/h3-4,6H,5H2,1-2H3,(H,12,14). The second-order valence-electron chi connectivity index (χ2n) is 3.73. The van der Waals surface area contributed by atoms with Gasteiger partial charge in [-0.1, -0.05) is 11.6 Å². The molecule has 2 rings (SSSR count). The Labute approximate surface area is 103 Å². The summed E-state index contributed by atoms with van der Waals surface area (Å²) in [5, 5.41) is 7.58. The molecule has 0 bridgehead atoms. The summed E-state index contributed by atoms with van der Waals surface area (Å²) in [5.74, 6) is 0.365. The van der Waals surface area contributed by atoms with Crippen molar-refractivity contribution in [3.05, 3.63) is 23.4 Å². The molecule has 6 nitrogen and oxygen atoms in total. The van der Waals surface area contributed by atoms with Gasteiger partial charge in [0, 0.05) is 20.3 Å². The monoisotopic (exact) mass is 253 g/mol. The molecule has 0 fully saturated rings. The topological polar surface area (TPSA) is 62.5 Å². The third-order valence-electron chi connectivity index (χ3n) is 2.19. The molecular formula is C10H12ClN5O. The van der Waals surface area contributed by atoms with Crippen LogP contribution in [0, 0.1) is 0 Å². The van der Waals surface area contributed by atoms with E-state index in [1.807, 2.05) is 0 Å². The molecule has 90 valence electrons. The van der Waals surface area contributed by atoms with Crippen molar-refractivity contribution in [2.75, 3.05) is 26.0 Å². The van der Waals surface area contributed by atoms with Gasteiger partial charge in [0.05, 0.1) is 11.6 Å². The highest BCUT2D eigenvalue weighted by Gasteiger charge is 2.07. The summed E-state index contributed by atoms with van der Waals surface area (Å²) in [4.78, 5) is 17.1. The largest absolute Gasteiger partial charge is 0.347 e. The Morgan fingerprint density at radius 2 is 2.29 bits per heavy atom. The van der Waals surface area contributed by atoms with Crippen LogP contribution in [-0.2, 0) is 4.79 Å². The van der Waals surface area contributed by atoms with Crippen molar-refractivity contribution in [2.24, 2.45) is 0 Å². The lowest BCUT2D eigenvalue weighted by Crippen LogP contribution is -2.28. The van der Waals surface area contributed by atoms with Crippen molar-refractivity contribution in [3.8, 4) is 0 Å². The van der Waals surface area contributed by atoms with Gasteiger partial charge in [-0.25, -0.2) is 4.52 Å². The highest BCUT2D eigenvalue weighted by atomic mass is 35.5. The van der Waals surface area contributed by atoms with E-state index in [-0.39, 0.29) is 12.5 Å². The molecular weight excluding hydrogens is 242 g/mol. The summed E-state index contributed by atoms with van der Waals surface area (Å²) in [7, 11) is 3.39. The Kier molecular flexibility index (Phi) is 3.14. The van der Waals surface area contributed by atoms with Gasteiger partial charge >= 0.3 is 0 Å². The molecule has 0 aromatic carbocycles. The Bertz CT molecular complexity index is 551. The maximum Gasteiger partial charge on any atom is 0.243 e. The number of pyridine rings is 1. The number of hydrogen-bond donors (Lipinski definition) is 1. The zero-order valence-electron chi connectivity index (χ0n) is 9.51. The molecule has 17 heavy (non-hydrogen) atoms. The second kappa shape index (κ2) is 4.58. The van der Waals surface area contributed by atoms with Crippen LogP contribution in [-0.4, -0.2) is 46.0 Å². The summed E-state index contributed by atoms with van der Waals surface area (Å²) in [5.41, 5.74) is 0.675. The highest BCUT2D eigenvalue weighted by Crippen LogP contribution is 2.11. The first-order chi connectivity index (χ1) is 8.06. The third kappa shape index (κ3) is 2.65. The average Bonchev–Trinajstić information content (AvgIpc) is 2.67. The molecule has 0 atom stereocenters. The number of nitrogens with zero attached hydrogens (tertiary/aromatic N) is 4. The third-order valence-corrected chi connectivity index (χ3v) is 2.41. The van der Waals surface area contributed by atoms with E-state index in [1.54, 1.807) is 36.9 Å². The van der Waals surface area contributed by atoms with Crippen LogP contribution in [0.2, 0.25) is 5.02 Å². The van der Waals surface area contributed by atoms with Gasteiger partial charge in [-0.3, -0.25) is 4.79 Å². The first-order valence-electron chi connectivity index (χ1n) is 5.02. The van der Waals surface area contributed by atoms with Crippen LogP contribution in [0.4, 0.5) is 5.95 Å². The lowest BCUT2D eigenvalue weighted by Gasteiger charge is -2.09. The molecule has 0 aliphatic carbocycles. The molecule has 2 heterocycles. The van der Waals surface area contributed by atoms with E-state index in [9.17, 15) is 4.79 Å². The number of nitrogens with one attached hydrogen (secondary N) is 1. The normalized spacial score (nSPS) is 10.5. The minimum Gasteiger partial charge on any atom is -0.347 e. The zero-order chi connectivity index (χ0) is 12.4. The van der Waals surface area contributed by atoms with Gasteiger partial charge < -0.3 is 10.2 Å². The Hall–Kier alpha value is -1.82. The summed E-state index contributed by atoms with van der Waals surface area (Å²) >= 11 is 5.83. The summed E-state index contributed by atoms with van der Waals surface area (Å²) in [6, 6.07) is 3.49. The van der Waals surface area contributed by atoms with Gasteiger partial charge in [-0.05, 0) is 12.1 Å². The van der Waals surface area contributed by atoms with Crippen LogP contribution < -0.4 is 5.32 Å². The van der Waals surface area contributed by atoms with Crippen molar-refractivity contribution >= 4 is 29.1 Å². The van der Waals surface area contributed by atoms with E-state index in [2.05, 4.69) is 15.4 Å². The van der Waals surface area contributed by atoms with Gasteiger partial charge in [-0.2, -0.15) is 4.98 Å². The first-order valence-corrected chi connectivity index (χ1v) is 5.40. The Morgan fingerprint density at radius 3 is 3.00 bits per heavy atom. The lowest BCUT2D eigenvalue weighted by molar-refractivity contribution is -0.126. The number of rotatable bonds is 3. The minimum atomic E-state index is -0.0399. The van der Waals surface area contributed by atoms with Crippen LogP contribution >= 0.6 is 11.6 Å². The van der Waals surface area contributed by atoms with Gasteiger partial charge in [0.2, 0.25) is 11.9 Å². The van der Waals surface area contributed by atoms with Crippen molar-refractivity contribution in [2.45, 2.75) is 0 Å². The number of carbonyl (C=O) groups is 1. The molecule has 0 saturated heterocycles. The van der Waals surface area contributed by atoms with Gasteiger partial charge in [0.1, 0.15) is 0 Å². The van der Waals surface area contributed by atoms with Gasteiger partial charge in [0.15, 0.2) is 5.65 Å². The van der Waals surface area contributed by atoms with E-state index in [1.165, 1.54) is 4.90 Å². The number of likely N-dealkylation sites (N-methyl/N-ethyl adjacent to an activating group) is 1. The van der Waals surface area contributed by atoms with Crippen molar-refractivity contribution in [3.63, 3.8) is 0 Å². The van der Waals surface area contributed by atoms with E-state index in [0.717, 1.165) is 0 Å². The maximum absolute atomic E-state index is 11.4. The number of hydrogen-bond acceptors (Lipinski definition) is 4. The number of anilines is 1. The Morgan fingerprint density at radius 1 is 1.53 bits per heavy atom. The van der Waals surface area contributed by atoms with Gasteiger partial charge in [-0.15, -0.1) is 5.10 Å². The molecule has 0 radical (unpaired) electrons. The molecule has 0 aliphatic heterocycles. The molecule has 2 aromatic heterocycles. The van der Waals surface area contributed by atoms with Gasteiger partial charge in [0.25, 0.3) is 0 Å². The van der Waals surface area contributed by atoms with Crippen molar-refractivity contribution in [1.82, 2.24) is 19.5 Å². The van der Waals surface area contributed by atoms with E-state index < -0.39 is 0 Å². The summed E-state index contributed by atoms with van der Waals surface area (Å²) < 4.78 is 1.56. The number of fused-ring (bicyclic) bond motifs is 1. The fourth-order valence-corrected chi connectivity index (χ4v) is 1.40. The van der Waals surface area contributed by atoms with Crippen LogP contribution in [0.5, 0.6) is 0 Å². The molecule has 0 spiro atoms. The fraction of sp³-hybridized carbons (Fsp3) is 0.300. The first kappa shape index (κ1) is 11.7. The van der Waals surface area contributed by atoms with E-state index >= 15 is 0 Å². The fourth-order valence-electron chi connectivity index (χ4n) is 1.25. The highest BCUT2D eigenvalue weighted by molar-refractivity contribution is 6.30. The van der Waals surface area contributed by atoms with Crippen molar-refractivity contribution < 1.29 is 4.79 Å². The van der Waals surface area contributed by atoms with E-state index in [4.69, 9.17) is 11.6 Å². The summed E-state index contributed by atoms with van der Waals surface area (Å²) in [6.07, 6.45) is 1.66. The molecule has 0 aliphatic rings. The Balaban J connectivity index is 2.12. The molecule has 0 saturated carbocycles. The number of halogens is 1. The average molecular weight is 254 g/mol. The lowest BCUT2D eigenvalue weighted by atomic mass is 10.5. The molecule has 2 aromatic rings. The SMILES string of the molecule is CN(C)C(=O)CNc1nc2ccc(Cl)cn2n1. The predicted octanol–water partition coefficient (Wildman–Crippen LogP) is 0.883. The molecule has 0 unspecified atom stereocenters. The minimum absolute atomic E-state index is 0.0399. The number of amides is 1. The summed E-state index contributed by atoms with van der Waals surface area (Å²) in [6.45, 7) is 0.164. The number of aromatic nitrogens is 3. The second-order valence-corrected chi connectivity index (χ2v) is 4.16. The molecule has 1 N–H and O–H groups in total. The maximum atomic E-state index is 11.4. The molecule has 7 heteroatoms. The zero-order valence-corrected chi connectivity index (χ0v) is 10.3. The predicted molar refractivity (Wildman–Crippen MR) is 65.2 cm³/mol. The number of carbonyl (C=O) groups excluding carboxylic acids is 1. The van der Waals surface area contributed by atoms with Crippen LogP contribution in [0.3, 0.4) is 0 Å². The smallest absolute Gasteiger partial charge is 0.243 e. The van der Waals surface area contributed by atoms with E-state index in [0.29, 0.717) is 16.6 Å². The van der Waals surface area contributed by atoms with Crippen LogP contribution in [0.25, 0.3) is 5.65 Å².